The fraction of sp³-hybridized carbons (Fsp3) is 0.435. The van der Waals surface area contributed by atoms with Gasteiger partial charge in [-0.2, -0.15) is 4.31 Å². The number of amides is 1. The second-order valence-electron chi connectivity index (χ2n) is 8.30. The molecule has 1 heterocycles. The van der Waals surface area contributed by atoms with Crippen LogP contribution in [0.15, 0.2) is 58.3 Å². The van der Waals surface area contributed by atoms with Gasteiger partial charge in [0.1, 0.15) is 0 Å². The lowest BCUT2D eigenvalue weighted by Crippen LogP contribution is -2.43. The number of nitrogens with one attached hydrogen (secondary N) is 1. The Morgan fingerprint density at radius 2 is 1.50 bits per heavy atom. The van der Waals surface area contributed by atoms with Gasteiger partial charge in [-0.3, -0.25) is 4.79 Å². The van der Waals surface area contributed by atoms with E-state index in [-0.39, 0.29) is 27.7 Å². The number of hydrogen-bond acceptors (Lipinski definition) is 5. The fourth-order valence-electron chi connectivity index (χ4n) is 3.88. The zero-order chi connectivity index (χ0) is 23.5. The molecule has 1 atom stereocenters. The molecule has 1 aliphatic heterocycles. The van der Waals surface area contributed by atoms with Gasteiger partial charge >= 0.3 is 0 Å². The second-order valence-corrected chi connectivity index (χ2v) is 12.3. The summed E-state index contributed by atoms with van der Waals surface area (Å²) in [5, 5.41) is 3.05. The van der Waals surface area contributed by atoms with Gasteiger partial charge < -0.3 is 5.32 Å². The lowest BCUT2D eigenvalue weighted by atomic mass is 9.96. The van der Waals surface area contributed by atoms with E-state index in [2.05, 4.69) is 5.32 Å². The maximum Gasteiger partial charge on any atom is 0.243 e. The smallest absolute Gasteiger partial charge is 0.243 e. The van der Waals surface area contributed by atoms with Crippen molar-refractivity contribution in [2.45, 2.75) is 48.9 Å². The highest BCUT2D eigenvalue weighted by molar-refractivity contribution is 7.90. The van der Waals surface area contributed by atoms with Crippen molar-refractivity contribution in [3.05, 3.63) is 59.7 Å². The molecule has 0 unspecified atom stereocenters. The van der Waals surface area contributed by atoms with Crippen LogP contribution in [0.1, 0.15) is 43.4 Å². The Morgan fingerprint density at radius 1 is 0.969 bits per heavy atom. The molecule has 2 aromatic carbocycles. The third-order valence-corrected chi connectivity index (χ3v) is 8.96. The van der Waals surface area contributed by atoms with Gasteiger partial charge in [0, 0.05) is 25.3 Å². The molecule has 7 nitrogen and oxygen atoms in total. The molecule has 0 radical (unpaired) electrons. The van der Waals surface area contributed by atoms with Crippen LogP contribution < -0.4 is 5.32 Å². The topological polar surface area (TPSA) is 101 Å². The minimum atomic E-state index is -3.56. The summed E-state index contributed by atoms with van der Waals surface area (Å²) in [6.45, 7) is 4.46. The third-order valence-electron chi connectivity index (χ3n) is 5.92. The number of sulfone groups is 1. The van der Waals surface area contributed by atoms with Crippen LogP contribution in [-0.2, 0) is 24.7 Å². The number of aryl methyl sites for hydroxylation is 1. The van der Waals surface area contributed by atoms with Gasteiger partial charge in [0.05, 0.1) is 15.8 Å². The Bertz CT molecular complexity index is 1150. The van der Waals surface area contributed by atoms with Crippen LogP contribution in [-0.4, -0.2) is 46.4 Å². The first-order valence-electron chi connectivity index (χ1n) is 10.7. The van der Waals surface area contributed by atoms with Gasteiger partial charge in [-0.25, -0.2) is 16.8 Å². The van der Waals surface area contributed by atoms with Crippen molar-refractivity contribution in [3.63, 3.8) is 0 Å². The SMILES string of the molecule is CC[C@H](NC(=O)C1CCN(S(=O)(=O)c2ccc(C)cc2)CC1)c1ccc(S(C)(=O)=O)cc1. The molecule has 1 amide bonds. The standard InChI is InChI=1S/C23H30N2O5S2/c1-4-22(18-7-11-20(12-8-18)31(3,27)28)24-23(26)19-13-15-25(16-14-19)32(29,30)21-9-5-17(2)6-10-21/h5-12,19,22H,4,13-16H2,1-3H3,(H,24,26)/t22-/m0/s1. The zero-order valence-corrected chi connectivity index (χ0v) is 20.2. The molecule has 0 bridgehead atoms. The Hall–Kier alpha value is -2.23. The van der Waals surface area contributed by atoms with E-state index < -0.39 is 19.9 Å². The third kappa shape index (κ3) is 5.57. The number of carbonyl (C=O) groups is 1. The molecule has 1 fully saturated rings. The average molecular weight is 479 g/mol. The number of rotatable bonds is 7. The van der Waals surface area contributed by atoms with Crippen molar-refractivity contribution in [3.8, 4) is 0 Å². The summed E-state index contributed by atoms with van der Waals surface area (Å²) in [6, 6.07) is 13.1. The van der Waals surface area contributed by atoms with Crippen LogP contribution in [0.25, 0.3) is 0 Å². The highest BCUT2D eigenvalue weighted by atomic mass is 32.2. The minimum absolute atomic E-state index is 0.101. The van der Waals surface area contributed by atoms with E-state index in [1.807, 2.05) is 13.8 Å². The van der Waals surface area contributed by atoms with Crippen LogP contribution in [0.4, 0.5) is 0 Å². The van der Waals surface area contributed by atoms with Crippen molar-refractivity contribution in [2.75, 3.05) is 19.3 Å². The molecule has 32 heavy (non-hydrogen) atoms. The van der Waals surface area contributed by atoms with Crippen LogP contribution >= 0.6 is 0 Å². The van der Waals surface area contributed by atoms with E-state index in [4.69, 9.17) is 0 Å². The summed E-state index contributed by atoms with van der Waals surface area (Å²) in [4.78, 5) is 13.4. The van der Waals surface area contributed by atoms with Crippen molar-refractivity contribution in [2.24, 2.45) is 5.92 Å². The van der Waals surface area contributed by atoms with E-state index in [1.54, 1.807) is 48.5 Å². The first-order valence-corrected chi connectivity index (χ1v) is 14.0. The molecule has 2 aromatic rings. The summed E-state index contributed by atoms with van der Waals surface area (Å²) in [7, 11) is -6.84. The molecule has 0 spiro atoms. The lowest BCUT2D eigenvalue weighted by Gasteiger charge is -2.31. The number of benzene rings is 2. The van der Waals surface area contributed by atoms with E-state index >= 15 is 0 Å². The summed E-state index contributed by atoms with van der Waals surface area (Å²) in [5.41, 5.74) is 1.84. The predicted octanol–water partition coefficient (Wildman–Crippen LogP) is 3.07. The maximum atomic E-state index is 12.9. The van der Waals surface area contributed by atoms with Crippen molar-refractivity contribution in [1.82, 2.24) is 9.62 Å². The van der Waals surface area contributed by atoms with Crippen LogP contribution in [0.2, 0.25) is 0 Å². The summed E-state index contributed by atoms with van der Waals surface area (Å²) < 4.78 is 50.5. The Balaban J connectivity index is 1.61. The average Bonchev–Trinajstić information content (AvgIpc) is 2.77. The van der Waals surface area contributed by atoms with Crippen LogP contribution in [0.3, 0.4) is 0 Å². The number of hydrogen-bond donors (Lipinski definition) is 1. The van der Waals surface area contributed by atoms with E-state index in [0.29, 0.717) is 32.4 Å². The quantitative estimate of drug-likeness (QED) is 0.659. The van der Waals surface area contributed by atoms with Gasteiger partial charge in [-0.15, -0.1) is 0 Å². The van der Waals surface area contributed by atoms with Crippen molar-refractivity contribution >= 4 is 25.8 Å². The predicted molar refractivity (Wildman–Crippen MR) is 123 cm³/mol. The lowest BCUT2D eigenvalue weighted by molar-refractivity contribution is -0.126. The number of nitrogens with zero attached hydrogens (tertiary/aromatic N) is 1. The monoisotopic (exact) mass is 478 g/mol. The van der Waals surface area contributed by atoms with Gasteiger partial charge in [0.15, 0.2) is 9.84 Å². The highest BCUT2D eigenvalue weighted by Gasteiger charge is 2.32. The summed E-state index contributed by atoms with van der Waals surface area (Å²) >= 11 is 0. The van der Waals surface area contributed by atoms with Crippen molar-refractivity contribution < 1.29 is 21.6 Å². The summed E-state index contributed by atoms with van der Waals surface area (Å²) in [5.74, 6) is -0.361. The summed E-state index contributed by atoms with van der Waals surface area (Å²) in [6.07, 6.45) is 2.73. The van der Waals surface area contributed by atoms with Crippen LogP contribution in [0, 0.1) is 12.8 Å². The van der Waals surface area contributed by atoms with Gasteiger partial charge in [-0.05, 0) is 56.0 Å². The Labute approximate surface area is 190 Å². The maximum absolute atomic E-state index is 12.9. The number of sulfonamides is 1. The molecule has 1 N–H and O–H groups in total. The van der Waals surface area contributed by atoms with Gasteiger partial charge in [0.25, 0.3) is 0 Å². The minimum Gasteiger partial charge on any atom is -0.349 e. The highest BCUT2D eigenvalue weighted by Crippen LogP contribution is 2.26. The molecule has 1 aliphatic rings. The Kier molecular flexibility index (Phi) is 7.42. The van der Waals surface area contributed by atoms with E-state index in [0.717, 1.165) is 17.4 Å². The molecule has 3 rings (SSSR count). The first kappa shape index (κ1) is 24.4. The number of piperidine rings is 1. The van der Waals surface area contributed by atoms with Crippen molar-refractivity contribution in [1.29, 1.82) is 0 Å². The van der Waals surface area contributed by atoms with E-state index in [9.17, 15) is 21.6 Å². The van der Waals surface area contributed by atoms with Crippen LogP contribution in [0.5, 0.6) is 0 Å². The molecule has 9 heteroatoms. The molecule has 0 aliphatic carbocycles. The van der Waals surface area contributed by atoms with Gasteiger partial charge in [0.2, 0.25) is 15.9 Å². The first-order chi connectivity index (χ1) is 15.0. The molecule has 1 saturated heterocycles. The molecule has 174 valence electrons. The molecule has 0 aromatic heterocycles. The molecular formula is C23H30N2O5S2. The second kappa shape index (κ2) is 9.72. The largest absolute Gasteiger partial charge is 0.349 e. The Morgan fingerprint density at radius 3 is 2.00 bits per heavy atom. The normalized spacial score (nSPS) is 17.1. The van der Waals surface area contributed by atoms with Gasteiger partial charge in [-0.1, -0.05) is 36.8 Å². The molecular weight excluding hydrogens is 448 g/mol. The zero-order valence-electron chi connectivity index (χ0n) is 18.6. The fourth-order valence-corrected chi connectivity index (χ4v) is 5.98. The molecule has 0 saturated carbocycles. The number of carbonyl (C=O) groups excluding carboxylic acids is 1. The van der Waals surface area contributed by atoms with E-state index in [1.165, 1.54) is 4.31 Å².